The average molecular weight is 307 g/mol. The first-order valence-electron chi connectivity index (χ1n) is 7.66. The second-order valence-corrected chi connectivity index (χ2v) is 6.78. The molecule has 1 unspecified atom stereocenters. The molecule has 1 aliphatic heterocycles. The Balaban J connectivity index is 1.97. The zero-order chi connectivity index (χ0) is 16.3. The molecule has 0 radical (unpaired) electrons. The van der Waals surface area contributed by atoms with Gasteiger partial charge in [-0.15, -0.1) is 0 Å². The van der Waals surface area contributed by atoms with Gasteiger partial charge in [-0.3, -0.25) is 4.79 Å². The zero-order valence-electron chi connectivity index (χ0n) is 13.5. The van der Waals surface area contributed by atoms with Crippen molar-refractivity contribution in [1.82, 2.24) is 9.47 Å². The number of nitrogens with zero attached hydrogens (tertiary/aromatic N) is 2. The fourth-order valence-corrected chi connectivity index (χ4v) is 2.64. The summed E-state index contributed by atoms with van der Waals surface area (Å²) in [6, 6.07) is 3.59. The van der Waals surface area contributed by atoms with E-state index >= 15 is 0 Å². The predicted octanol–water partition coefficient (Wildman–Crippen LogP) is 1.56. The van der Waals surface area contributed by atoms with Crippen LogP contribution in [0.2, 0.25) is 0 Å². The van der Waals surface area contributed by atoms with E-state index in [1.54, 1.807) is 21.7 Å². The Labute approximate surface area is 130 Å². The number of carbonyl (C=O) groups excluding carboxylic acids is 1. The Morgan fingerprint density at radius 1 is 1.45 bits per heavy atom. The maximum atomic E-state index is 12.2. The molecule has 0 aromatic carbocycles. The minimum absolute atomic E-state index is 0.0410. The van der Waals surface area contributed by atoms with Gasteiger partial charge in [-0.1, -0.05) is 6.07 Å². The standard InChI is InChI=1S/C16H25N3O3/c1-16(2,3)22-15(21)19-8-6-12(11-19)10-18-7-4-5-13(9-17)14(18)20/h4-5,7,12H,6,8-11,17H2,1-3H3. The maximum absolute atomic E-state index is 12.2. The highest BCUT2D eigenvalue weighted by Gasteiger charge is 2.30. The molecule has 2 heterocycles. The number of hydrogen-bond acceptors (Lipinski definition) is 4. The molecule has 1 aromatic rings. The summed E-state index contributed by atoms with van der Waals surface area (Å²) in [4.78, 5) is 25.9. The quantitative estimate of drug-likeness (QED) is 0.919. The molecule has 2 rings (SSSR count). The number of carbonyl (C=O) groups is 1. The van der Waals surface area contributed by atoms with Crippen LogP contribution < -0.4 is 11.3 Å². The minimum Gasteiger partial charge on any atom is -0.444 e. The van der Waals surface area contributed by atoms with Gasteiger partial charge >= 0.3 is 6.09 Å². The van der Waals surface area contributed by atoms with Gasteiger partial charge < -0.3 is 19.9 Å². The lowest BCUT2D eigenvalue weighted by Gasteiger charge is -2.24. The van der Waals surface area contributed by atoms with Crippen molar-refractivity contribution < 1.29 is 9.53 Å². The number of amides is 1. The summed E-state index contributed by atoms with van der Waals surface area (Å²) in [7, 11) is 0. The van der Waals surface area contributed by atoms with Crippen molar-refractivity contribution in [2.45, 2.75) is 45.9 Å². The summed E-state index contributed by atoms with van der Waals surface area (Å²) in [5.74, 6) is 0.262. The van der Waals surface area contributed by atoms with Crippen LogP contribution in [0, 0.1) is 5.92 Å². The van der Waals surface area contributed by atoms with Crippen molar-refractivity contribution in [2.75, 3.05) is 13.1 Å². The van der Waals surface area contributed by atoms with E-state index in [0.717, 1.165) is 6.42 Å². The van der Waals surface area contributed by atoms with Crippen molar-refractivity contribution >= 4 is 6.09 Å². The summed E-state index contributed by atoms with van der Waals surface area (Å²) in [6.45, 7) is 7.71. The molecule has 22 heavy (non-hydrogen) atoms. The summed E-state index contributed by atoms with van der Waals surface area (Å²) in [5.41, 5.74) is 5.66. The van der Waals surface area contributed by atoms with Crippen LogP contribution in [0.15, 0.2) is 23.1 Å². The topological polar surface area (TPSA) is 77.6 Å². The van der Waals surface area contributed by atoms with E-state index in [2.05, 4.69) is 0 Å². The molecule has 1 aromatic heterocycles. The zero-order valence-corrected chi connectivity index (χ0v) is 13.5. The summed E-state index contributed by atoms with van der Waals surface area (Å²) >= 11 is 0. The fourth-order valence-electron chi connectivity index (χ4n) is 2.64. The van der Waals surface area contributed by atoms with Crippen LogP contribution in [0.4, 0.5) is 4.79 Å². The molecule has 6 heteroatoms. The molecule has 1 atom stereocenters. The third-order valence-electron chi connectivity index (χ3n) is 3.71. The molecular weight excluding hydrogens is 282 g/mol. The number of ether oxygens (including phenoxy) is 1. The van der Waals surface area contributed by atoms with Gasteiger partial charge in [0.2, 0.25) is 0 Å². The number of pyridine rings is 1. The van der Waals surface area contributed by atoms with Gasteiger partial charge in [-0.2, -0.15) is 0 Å². The first-order valence-corrected chi connectivity index (χ1v) is 7.66. The molecule has 0 saturated carbocycles. The highest BCUT2D eigenvalue weighted by Crippen LogP contribution is 2.20. The molecule has 0 aliphatic carbocycles. The van der Waals surface area contributed by atoms with Gasteiger partial charge in [0.25, 0.3) is 5.56 Å². The highest BCUT2D eigenvalue weighted by molar-refractivity contribution is 5.68. The highest BCUT2D eigenvalue weighted by atomic mass is 16.6. The van der Waals surface area contributed by atoms with Gasteiger partial charge in [0.1, 0.15) is 5.60 Å². The molecule has 6 nitrogen and oxygen atoms in total. The number of hydrogen-bond donors (Lipinski definition) is 1. The molecule has 1 saturated heterocycles. The van der Waals surface area contributed by atoms with Crippen LogP contribution in [-0.2, 0) is 17.8 Å². The van der Waals surface area contributed by atoms with Crippen molar-refractivity contribution in [3.63, 3.8) is 0 Å². The molecule has 2 N–H and O–H groups in total. The van der Waals surface area contributed by atoms with Crippen molar-refractivity contribution in [3.05, 3.63) is 34.2 Å². The maximum Gasteiger partial charge on any atom is 0.410 e. The Morgan fingerprint density at radius 2 is 2.18 bits per heavy atom. The first-order chi connectivity index (χ1) is 10.3. The van der Waals surface area contributed by atoms with E-state index in [1.165, 1.54) is 0 Å². The van der Waals surface area contributed by atoms with Crippen LogP contribution in [-0.4, -0.2) is 34.3 Å². The lowest BCUT2D eigenvalue weighted by Crippen LogP contribution is -2.36. The van der Waals surface area contributed by atoms with Crippen molar-refractivity contribution in [1.29, 1.82) is 0 Å². The van der Waals surface area contributed by atoms with E-state index in [0.29, 0.717) is 25.2 Å². The van der Waals surface area contributed by atoms with Gasteiger partial charge in [-0.05, 0) is 39.2 Å². The number of likely N-dealkylation sites (tertiary alicyclic amines) is 1. The second kappa shape index (κ2) is 6.52. The predicted molar refractivity (Wildman–Crippen MR) is 84.5 cm³/mol. The smallest absolute Gasteiger partial charge is 0.410 e. The molecule has 1 amide bonds. The first kappa shape index (κ1) is 16.5. The van der Waals surface area contributed by atoms with Crippen LogP contribution in [0.25, 0.3) is 0 Å². The van der Waals surface area contributed by atoms with E-state index in [1.807, 2.05) is 26.8 Å². The number of nitrogens with two attached hydrogens (primary N) is 1. The SMILES string of the molecule is CC(C)(C)OC(=O)N1CCC(Cn2cccc(CN)c2=O)C1. The van der Waals surface area contributed by atoms with E-state index in [4.69, 9.17) is 10.5 Å². The second-order valence-electron chi connectivity index (χ2n) is 6.78. The lowest BCUT2D eigenvalue weighted by atomic mass is 10.1. The number of rotatable bonds is 3. The Kier molecular flexibility index (Phi) is 4.90. The van der Waals surface area contributed by atoms with Crippen molar-refractivity contribution in [3.8, 4) is 0 Å². The largest absolute Gasteiger partial charge is 0.444 e. The molecule has 0 bridgehead atoms. The molecule has 0 spiro atoms. The molecule has 122 valence electrons. The van der Waals surface area contributed by atoms with Crippen LogP contribution >= 0.6 is 0 Å². The Bertz CT molecular complexity index is 589. The third kappa shape index (κ3) is 4.10. The van der Waals surface area contributed by atoms with Gasteiger partial charge in [-0.25, -0.2) is 4.79 Å². The summed E-state index contributed by atoms with van der Waals surface area (Å²) in [5, 5.41) is 0. The Morgan fingerprint density at radius 3 is 2.82 bits per heavy atom. The van der Waals surface area contributed by atoms with Crippen LogP contribution in [0.3, 0.4) is 0 Å². The van der Waals surface area contributed by atoms with E-state index < -0.39 is 5.60 Å². The monoisotopic (exact) mass is 307 g/mol. The van der Waals surface area contributed by atoms with Crippen LogP contribution in [0.1, 0.15) is 32.8 Å². The third-order valence-corrected chi connectivity index (χ3v) is 3.71. The lowest BCUT2D eigenvalue weighted by molar-refractivity contribution is 0.0287. The minimum atomic E-state index is -0.485. The van der Waals surface area contributed by atoms with Gasteiger partial charge in [0.15, 0.2) is 0 Å². The summed E-state index contributed by atoms with van der Waals surface area (Å²) in [6.07, 6.45) is 2.37. The fraction of sp³-hybridized carbons (Fsp3) is 0.625. The Hall–Kier alpha value is -1.82. The average Bonchev–Trinajstić information content (AvgIpc) is 2.88. The molecular formula is C16H25N3O3. The van der Waals surface area contributed by atoms with E-state index in [9.17, 15) is 9.59 Å². The number of aromatic nitrogens is 1. The normalized spacial score (nSPS) is 18.5. The molecule has 1 aliphatic rings. The van der Waals surface area contributed by atoms with Gasteiger partial charge in [0, 0.05) is 37.9 Å². The van der Waals surface area contributed by atoms with Crippen LogP contribution in [0.5, 0.6) is 0 Å². The summed E-state index contributed by atoms with van der Waals surface area (Å²) < 4.78 is 7.07. The molecule has 1 fully saturated rings. The van der Waals surface area contributed by atoms with Crippen molar-refractivity contribution in [2.24, 2.45) is 11.7 Å². The van der Waals surface area contributed by atoms with E-state index in [-0.39, 0.29) is 24.1 Å². The van der Waals surface area contributed by atoms with Gasteiger partial charge in [0.05, 0.1) is 0 Å².